The van der Waals surface area contributed by atoms with E-state index >= 15 is 0 Å². The van der Waals surface area contributed by atoms with Crippen molar-refractivity contribution in [3.8, 4) is 0 Å². The van der Waals surface area contributed by atoms with Crippen LogP contribution in [0.15, 0.2) is 54.2 Å². The molecule has 1 heterocycles. The predicted molar refractivity (Wildman–Crippen MR) is 135 cm³/mol. The van der Waals surface area contributed by atoms with Gasteiger partial charge in [-0.3, -0.25) is 4.79 Å². The highest BCUT2D eigenvalue weighted by molar-refractivity contribution is 5.93. The molecule has 222 valence electrons. The summed E-state index contributed by atoms with van der Waals surface area (Å²) >= 11 is 0. The molecule has 4 nitrogen and oxygen atoms in total. The Balaban J connectivity index is 1.48. The van der Waals surface area contributed by atoms with E-state index in [1.807, 2.05) is 4.90 Å². The molecule has 5 rings (SSSR count). The van der Waals surface area contributed by atoms with Gasteiger partial charge >= 0.3 is 12.4 Å². The highest BCUT2D eigenvalue weighted by Gasteiger charge is 2.48. The molecule has 1 aliphatic heterocycles. The van der Waals surface area contributed by atoms with Gasteiger partial charge in [0.2, 0.25) is 0 Å². The molecule has 11 heteroatoms. The molecule has 2 aromatic carbocycles. The number of alkyl halides is 6. The fourth-order valence-corrected chi connectivity index (χ4v) is 6.66. The number of carbonyl (C=O) groups is 1. The smallest absolute Gasteiger partial charge is 0.386 e. The average Bonchev–Trinajstić information content (AvgIpc) is 3.48. The molecule has 2 aliphatic carbocycles. The van der Waals surface area contributed by atoms with Crippen LogP contribution in [-0.4, -0.2) is 41.1 Å². The number of allylic oxidation sites excluding steroid dienone is 1. The summed E-state index contributed by atoms with van der Waals surface area (Å²) in [5.41, 5.74) is -1.70. The van der Waals surface area contributed by atoms with Crippen molar-refractivity contribution in [1.29, 1.82) is 0 Å². The molecule has 1 unspecified atom stereocenters. The maximum atomic E-state index is 13.8. The number of aliphatic hydroxyl groups excluding tert-OH is 1. The van der Waals surface area contributed by atoms with Gasteiger partial charge in [-0.25, -0.2) is 4.39 Å². The van der Waals surface area contributed by atoms with E-state index in [2.05, 4.69) is 0 Å². The van der Waals surface area contributed by atoms with E-state index in [-0.39, 0.29) is 48.0 Å². The van der Waals surface area contributed by atoms with Crippen LogP contribution in [0.3, 0.4) is 0 Å². The highest BCUT2D eigenvalue weighted by atomic mass is 19.4. The molecule has 1 saturated heterocycles. The van der Waals surface area contributed by atoms with Crippen molar-refractivity contribution in [2.75, 3.05) is 13.1 Å². The topological polar surface area (TPSA) is 49.8 Å². The fraction of sp³-hybridized carbons (Fsp3) is 0.500. The minimum absolute atomic E-state index is 0.0172. The van der Waals surface area contributed by atoms with Crippen molar-refractivity contribution in [1.82, 2.24) is 4.90 Å². The number of benzene rings is 2. The summed E-state index contributed by atoms with van der Waals surface area (Å²) in [4.78, 5) is 13.9. The van der Waals surface area contributed by atoms with Gasteiger partial charge < -0.3 is 14.7 Å². The van der Waals surface area contributed by atoms with E-state index in [1.165, 1.54) is 18.2 Å². The van der Waals surface area contributed by atoms with Crippen LogP contribution in [0.2, 0.25) is 0 Å². The Kier molecular flexibility index (Phi) is 7.97. The summed E-state index contributed by atoms with van der Waals surface area (Å²) in [7, 11) is 0. The minimum Gasteiger partial charge on any atom is -0.386 e. The van der Waals surface area contributed by atoms with Crippen molar-refractivity contribution >= 4 is 5.78 Å². The molecule has 2 aromatic rings. The molecule has 0 bridgehead atoms. The van der Waals surface area contributed by atoms with Gasteiger partial charge in [-0.2, -0.15) is 26.3 Å². The molecule has 1 saturated carbocycles. The molecule has 0 amide bonds. The molecular formula is C30H30F7NO3. The van der Waals surface area contributed by atoms with Gasteiger partial charge in [-0.15, -0.1) is 0 Å². The van der Waals surface area contributed by atoms with Crippen molar-refractivity contribution in [3.05, 3.63) is 82.3 Å². The number of halogens is 7. The number of nitrogens with zero attached hydrogens (tertiary/aromatic N) is 1. The summed E-state index contributed by atoms with van der Waals surface area (Å²) in [5, 5.41) is 10.4. The lowest BCUT2D eigenvalue weighted by atomic mass is 9.69. The number of hydrogen-bond acceptors (Lipinski definition) is 4. The number of ether oxygens (including phenoxy) is 1. The van der Waals surface area contributed by atoms with Crippen LogP contribution in [0, 0.1) is 17.7 Å². The first-order valence-electron chi connectivity index (χ1n) is 13.6. The van der Waals surface area contributed by atoms with Crippen molar-refractivity contribution in [2.45, 2.75) is 69.2 Å². The lowest BCUT2D eigenvalue weighted by Gasteiger charge is -2.41. The molecular weight excluding hydrogens is 555 g/mol. The van der Waals surface area contributed by atoms with E-state index in [9.17, 15) is 40.6 Å². The Morgan fingerprint density at radius 1 is 0.976 bits per heavy atom. The van der Waals surface area contributed by atoms with Gasteiger partial charge in [0.25, 0.3) is 0 Å². The third-order valence-electron chi connectivity index (χ3n) is 8.53. The second-order valence-corrected chi connectivity index (χ2v) is 11.1. The molecule has 1 N–H and O–H groups in total. The van der Waals surface area contributed by atoms with Crippen molar-refractivity contribution < 1.29 is 45.4 Å². The standard InChI is InChI=1S/C30H30F7NO3/c1-2-26(18-9-19(29(32,33)34)11-20(10-18)30(35,36)37)41-27-8-5-17-14-38(24-12-22(39)13-25(24)40)15-23(17)28(27)16-3-6-21(31)7-4-16/h3-4,6-7,9-12,17,23,25-28,40H,2,5,8,13-15H2,1H3/t17-,23-,25?,26-,27+,28+/m1/s1. The van der Waals surface area contributed by atoms with Gasteiger partial charge in [-0.1, -0.05) is 19.1 Å². The SMILES string of the molecule is CC[C@@H](O[C@H]1CC[C@@H]2CN(C3=CC(=O)CC3O)C[C@H]2[C@@H]1c1ccc(F)cc1)c1cc(C(F)(F)F)cc(C(F)(F)F)c1. The lowest BCUT2D eigenvalue weighted by Crippen LogP contribution is -2.38. The third kappa shape index (κ3) is 6.16. The van der Waals surface area contributed by atoms with Crippen molar-refractivity contribution in [3.63, 3.8) is 0 Å². The number of rotatable bonds is 6. The predicted octanol–water partition coefficient (Wildman–Crippen LogP) is 7.04. The van der Waals surface area contributed by atoms with Gasteiger partial charge in [0.1, 0.15) is 11.9 Å². The summed E-state index contributed by atoms with van der Waals surface area (Å²) < 4.78 is 102. The summed E-state index contributed by atoms with van der Waals surface area (Å²) in [5.74, 6) is -0.869. The Morgan fingerprint density at radius 3 is 2.15 bits per heavy atom. The summed E-state index contributed by atoms with van der Waals surface area (Å²) in [6.07, 6.45) is -9.71. The monoisotopic (exact) mass is 585 g/mol. The van der Waals surface area contributed by atoms with Crippen molar-refractivity contribution in [2.24, 2.45) is 11.8 Å². The summed E-state index contributed by atoms with van der Waals surface area (Å²) in [6, 6.07) is 7.40. The third-order valence-corrected chi connectivity index (χ3v) is 8.53. The molecule has 0 spiro atoms. The number of carbonyl (C=O) groups excluding carboxylic acids is 1. The number of likely N-dealkylation sites (tertiary alicyclic amines) is 1. The first kappa shape index (κ1) is 29.6. The van der Waals surface area contributed by atoms with Crippen LogP contribution < -0.4 is 0 Å². The average molecular weight is 586 g/mol. The van der Waals surface area contributed by atoms with Gasteiger partial charge in [0.15, 0.2) is 5.78 Å². The highest BCUT2D eigenvalue weighted by Crippen LogP contribution is 2.49. The van der Waals surface area contributed by atoms with E-state index in [0.29, 0.717) is 43.8 Å². The Morgan fingerprint density at radius 2 is 1.61 bits per heavy atom. The van der Waals surface area contributed by atoms with Gasteiger partial charge in [0, 0.05) is 37.2 Å². The second kappa shape index (κ2) is 11.1. The largest absolute Gasteiger partial charge is 0.416 e. The van der Waals surface area contributed by atoms with E-state index in [1.54, 1.807) is 19.1 Å². The first-order valence-corrected chi connectivity index (χ1v) is 13.6. The molecule has 3 aliphatic rings. The van der Waals surface area contributed by atoms with Crippen LogP contribution in [0.1, 0.15) is 66.9 Å². The Labute approximate surface area is 232 Å². The zero-order valence-electron chi connectivity index (χ0n) is 22.2. The van der Waals surface area contributed by atoms with Gasteiger partial charge in [0.05, 0.1) is 23.3 Å². The van der Waals surface area contributed by atoms with Crippen LogP contribution in [0.4, 0.5) is 30.7 Å². The summed E-state index contributed by atoms with van der Waals surface area (Å²) in [6.45, 7) is 2.70. The van der Waals surface area contributed by atoms with Crippen LogP contribution >= 0.6 is 0 Å². The second-order valence-electron chi connectivity index (χ2n) is 11.1. The molecule has 41 heavy (non-hydrogen) atoms. The number of aliphatic hydroxyl groups is 1. The fourth-order valence-electron chi connectivity index (χ4n) is 6.66. The molecule has 2 fully saturated rings. The van der Waals surface area contributed by atoms with Crippen LogP contribution in [0.25, 0.3) is 0 Å². The van der Waals surface area contributed by atoms with E-state index < -0.39 is 47.6 Å². The van der Waals surface area contributed by atoms with E-state index in [4.69, 9.17) is 4.74 Å². The zero-order chi connectivity index (χ0) is 29.7. The van der Waals surface area contributed by atoms with E-state index in [0.717, 1.165) is 5.56 Å². The maximum Gasteiger partial charge on any atom is 0.416 e. The minimum atomic E-state index is -4.98. The Hall–Kier alpha value is -2.92. The lowest BCUT2D eigenvalue weighted by molar-refractivity contribution is -0.143. The number of ketones is 1. The zero-order valence-corrected chi connectivity index (χ0v) is 22.2. The quantitative estimate of drug-likeness (QED) is 0.370. The molecule has 0 aromatic heterocycles. The van der Waals surface area contributed by atoms with Crippen LogP contribution in [0.5, 0.6) is 0 Å². The van der Waals surface area contributed by atoms with Gasteiger partial charge in [-0.05, 0) is 72.6 Å². The number of fused-ring (bicyclic) bond motifs is 1. The number of hydrogen-bond donors (Lipinski definition) is 1. The molecule has 0 radical (unpaired) electrons. The Bertz CT molecular complexity index is 1270. The maximum absolute atomic E-state index is 13.8. The first-order chi connectivity index (χ1) is 19.2. The van der Waals surface area contributed by atoms with Crippen LogP contribution in [-0.2, 0) is 21.9 Å². The normalized spacial score (nSPS) is 27.6. The molecule has 6 atom stereocenters.